The standard InChI is InChI=1S/C21H19NO6/c23-17-12-19(22-8-10-26-11-9-22)28-20-16(17)2-1-3-18(20)27-13-14-4-6-15(7-5-14)21(24)25/h1-7,12H,8-11,13H2,(H,24,25). The summed E-state index contributed by atoms with van der Waals surface area (Å²) in [6, 6.07) is 13.2. The molecular weight excluding hydrogens is 362 g/mol. The zero-order chi connectivity index (χ0) is 19.5. The van der Waals surface area contributed by atoms with Crippen LogP contribution in [0, 0.1) is 0 Å². The number of morpholine rings is 1. The Kier molecular flexibility index (Phi) is 4.99. The van der Waals surface area contributed by atoms with Gasteiger partial charge in [0, 0.05) is 19.2 Å². The van der Waals surface area contributed by atoms with Crippen molar-refractivity contribution in [1.29, 1.82) is 0 Å². The molecule has 0 unspecified atom stereocenters. The lowest BCUT2D eigenvalue weighted by atomic mass is 10.1. The fourth-order valence-electron chi connectivity index (χ4n) is 3.10. The molecule has 0 bridgehead atoms. The Balaban J connectivity index is 1.61. The number of benzene rings is 2. The minimum Gasteiger partial charge on any atom is -0.485 e. The lowest BCUT2D eigenvalue weighted by molar-refractivity contribution is 0.0697. The quantitative estimate of drug-likeness (QED) is 0.727. The minimum atomic E-state index is -0.973. The van der Waals surface area contributed by atoms with Gasteiger partial charge in [-0.2, -0.15) is 0 Å². The van der Waals surface area contributed by atoms with Crippen LogP contribution < -0.4 is 15.1 Å². The molecule has 2 heterocycles. The van der Waals surface area contributed by atoms with Crippen molar-refractivity contribution in [2.24, 2.45) is 0 Å². The fourth-order valence-corrected chi connectivity index (χ4v) is 3.10. The number of para-hydroxylation sites is 1. The normalized spacial score (nSPS) is 14.2. The Hall–Kier alpha value is -3.32. The Morgan fingerprint density at radius 3 is 2.57 bits per heavy atom. The van der Waals surface area contributed by atoms with E-state index in [4.69, 9.17) is 19.0 Å². The van der Waals surface area contributed by atoms with E-state index >= 15 is 0 Å². The molecule has 1 aliphatic heterocycles. The number of hydrogen-bond acceptors (Lipinski definition) is 6. The second-order valence-corrected chi connectivity index (χ2v) is 6.47. The summed E-state index contributed by atoms with van der Waals surface area (Å²) in [7, 11) is 0. The second kappa shape index (κ2) is 7.74. The van der Waals surface area contributed by atoms with Gasteiger partial charge in [0.2, 0.25) is 0 Å². The van der Waals surface area contributed by atoms with Crippen LogP contribution in [0.25, 0.3) is 11.0 Å². The number of nitrogens with zero attached hydrogens (tertiary/aromatic N) is 1. The van der Waals surface area contributed by atoms with E-state index in [0.29, 0.717) is 48.9 Å². The largest absolute Gasteiger partial charge is 0.485 e. The highest BCUT2D eigenvalue weighted by Crippen LogP contribution is 2.28. The van der Waals surface area contributed by atoms with E-state index in [-0.39, 0.29) is 17.6 Å². The van der Waals surface area contributed by atoms with Gasteiger partial charge in [-0.05, 0) is 29.8 Å². The summed E-state index contributed by atoms with van der Waals surface area (Å²) in [6.45, 7) is 2.73. The van der Waals surface area contributed by atoms with E-state index in [0.717, 1.165) is 5.56 Å². The zero-order valence-corrected chi connectivity index (χ0v) is 15.1. The van der Waals surface area contributed by atoms with Crippen LogP contribution in [0.15, 0.2) is 57.7 Å². The minimum absolute atomic E-state index is 0.126. The molecule has 0 atom stereocenters. The first kappa shape index (κ1) is 18.1. The summed E-state index contributed by atoms with van der Waals surface area (Å²) >= 11 is 0. The maximum absolute atomic E-state index is 12.5. The summed E-state index contributed by atoms with van der Waals surface area (Å²) in [5.74, 6) is -0.00591. The Labute approximate surface area is 160 Å². The zero-order valence-electron chi connectivity index (χ0n) is 15.1. The highest BCUT2D eigenvalue weighted by atomic mass is 16.5. The van der Waals surface area contributed by atoms with E-state index < -0.39 is 5.97 Å². The third kappa shape index (κ3) is 3.70. The molecule has 7 heteroatoms. The van der Waals surface area contributed by atoms with Crippen LogP contribution in [0.4, 0.5) is 5.88 Å². The van der Waals surface area contributed by atoms with Crippen LogP contribution in [0.2, 0.25) is 0 Å². The van der Waals surface area contributed by atoms with Gasteiger partial charge in [0.25, 0.3) is 0 Å². The van der Waals surface area contributed by atoms with Crippen molar-refractivity contribution in [2.75, 3.05) is 31.2 Å². The third-order valence-electron chi connectivity index (χ3n) is 4.62. The fraction of sp³-hybridized carbons (Fsp3) is 0.238. The van der Waals surface area contributed by atoms with Crippen molar-refractivity contribution in [1.82, 2.24) is 0 Å². The highest BCUT2D eigenvalue weighted by molar-refractivity contribution is 5.87. The van der Waals surface area contributed by atoms with E-state index in [1.807, 2.05) is 4.90 Å². The molecule has 0 radical (unpaired) electrons. The predicted octanol–water partition coefficient (Wildman–Crippen LogP) is 2.91. The smallest absolute Gasteiger partial charge is 0.335 e. The van der Waals surface area contributed by atoms with Gasteiger partial charge in [0.1, 0.15) is 6.61 Å². The van der Waals surface area contributed by atoms with E-state index in [9.17, 15) is 9.59 Å². The van der Waals surface area contributed by atoms with Gasteiger partial charge in [-0.15, -0.1) is 0 Å². The van der Waals surface area contributed by atoms with Gasteiger partial charge >= 0.3 is 5.97 Å². The van der Waals surface area contributed by atoms with E-state index in [2.05, 4.69) is 0 Å². The molecule has 144 valence electrons. The summed E-state index contributed by atoms with van der Waals surface area (Å²) in [5, 5.41) is 9.43. The van der Waals surface area contributed by atoms with Crippen LogP contribution >= 0.6 is 0 Å². The van der Waals surface area contributed by atoms with Gasteiger partial charge in [-0.1, -0.05) is 18.2 Å². The van der Waals surface area contributed by atoms with Crippen molar-refractivity contribution in [2.45, 2.75) is 6.61 Å². The summed E-state index contributed by atoms with van der Waals surface area (Å²) in [6.07, 6.45) is 0. The SMILES string of the molecule is O=C(O)c1ccc(COc2cccc3c(=O)cc(N4CCOCC4)oc23)cc1. The molecule has 4 rings (SSSR count). The molecule has 1 fully saturated rings. The summed E-state index contributed by atoms with van der Waals surface area (Å²) in [5.41, 5.74) is 1.31. The van der Waals surface area contributed by atoms with Crippen LogP contribution in [-0.4, -0.2) is 37.4 Å². The van der Waals surface area contributed by atoms with Gasteiger partial charge in [0.15, 0.2) is 22.6 Å². The molecule has 0 saturated carbocycles. The van der Waals surface area contributed by atoms with Gasteiger partial charge in [-0.3, -0.25) is 4.79 Å². The number of hydrogen-bond donors (Lipinski definition) is 1. The van der Waals surface area contributed by atoms with Crippen LogP contribution in [0.1, 0.15) is 15.9 Å². The average Bonchev–Trinajstić information content (AvgIpc) is 2.73. The monoisotopic (exact) mass is 381 g/mol. The molecule has 1 saturated heterocycles. The number of aromatic carboxylic acids is 1. The van der Waals surface area contributed by atoms with Crippen LogP contribution in [-0.2, 0) is 11.3 Å². The molecule has 7 nitrogen and oxygen atoms in total. The van der Waals surface area contributed by atoms with Crippen molar-refractivity contribution in [3.63, 3.8) is 0 Å². The Bertz CT molecular complexity index is 1050. The molecule has 28 heavy (non-hydrogen) atoms. The van der Waals surface area contributed by atoms with Crippen LogP contribution in [0.3, 0.4) is 0 Å². The first-order chi connectivity index (χ1) is 13.6. The number of carboxylic acids is 1. The third-order valence-corrected chi connectivity index (χ3v) is 4.62. The topological polar surface area (TPSA) is 89.2 Å². The van der Waals surface area contributed by atoms with Crippen molar-refractivity contribution in [3.8, 4) is 5.75 Å². The number of fused-ring (bicyclic) bond motifs is 1. The van der Waals surface area contributed by atoms with Gasteiger partial charge < -0.3 is 23.9 Å². The lowest BCUT2D eigenvalue weighted by Gasteiger charge is -2.27. The molecule has 0 aliphatic carbocycles. The molecule has 2 aromatic carbocycles. The number of rotatable bonds is 5. The Morgan fingerprint density at radius 1 is 1.11 bits per heavy atom. The predicted molar refractivity (Wildman–Crippen MR) is 103 cm³/mol. The maximum atomic E-state index is 12.5. The van der Waals surface area contributed by atoms with E-state index in [1.54, 1.807) is 30.3 Å². The van der Waals surface area contributed by atoms with E-state index in [1.165, 1.54) is 18.2 Å². The maximum Gasteiger partial charge on any atom is 0.335 e. The average molecular weight is 381 g/mol. The molecule has 1 aliphatic rings. The lowest BCUT2D eigenvalue weighted by Crippen LogP contribution is -2.36. The van der Waals surface area contributed by atoms with Crippen molar-refractivity contribution >= 4 is 22.8 Å². The highest BCUT2D eigenvalue weighted by Gasteiger charge is 2.17. The summed E-state index contributed by atoms with van der Waals surface area (Å²) < 4.78 is 17.3. The van der Waals surface area contributed by atoms with Crippen molar-refractivity contribution in [3.05, 3.63) is 69.9 Å². The molecular formula is C21H19NO6. The Morgan fingerprint density at radius 2 is 1.86 bits per heavy atom. The number of carboxylic acid groups (broad SMARTS) is 1. The summed E-state index contributed by atoms with van der Waals surface area (Å²) in [4.78, 5) is 25.5. The number of ether oxygens (including phenoxy) is 2. The first-order valence-corrected chi connectivity index (χ1v) is 8.96. The van der Waals surface area contributed by atoms with Gasteiger partial charge in [0.05, 0.1) is 24.2 Å². The van der Waals surface area contributed by atoms with Crippen molar-refractivity contribution < 1.29 is 23.8 Å². The molecule has 1 N–H and O–H groups in total. The first-order valence-electron chi connectivity index (χ1n) is 8.96. The van der Waals surface area contributed by atoms with Gasteiger partial charge in [-0.25, -0.2) is 4.79 Å². The molecule has 1 aromatic heterocycles. The molecule has 0 amide bonds. The second-order valence-electron chi connectivity index (χ2n) is 6.47. The number of anilines is 1. The van der Waals surface area contributed by atoms with Crippen LogP contribution in [0.5, 0.6) is 5.75 Å². The molecule has 0 spiro atoms. The number of carbonyl (C=O) groups is 1. The molecule has 3 aromatic rings.